The third-order valence-electron chi connectivity index (χ3n) is 5.56. The Labute approximate surface area is 207 Å². The minimum atomic E-state index is -1.03. The van der Waals surface area contributed by atoms with Crippen LogP contribution in [-0.4, -0.2) is 40.2 Å². The number of rotatable bonds is 19. The summed E-state index contributed by atoms with van der Waals surface area (Å²) in [6, 6.07) is 7.33. The number of carbonyl (C=O) groups excluding carboxylic acids is 1. The first-order valence-electron chi connectivity index (χ1n) is 12.4. The first kappa shape index (κ1) is 28.0. The third-order valence-corrected chi connectivity index (χ3v) is 6.32. The van der Waals surface area contributed by atoms with Gasteiger partial charge in [0.15, 0.2) is 6.61 Å². The van der Waals surface area contributed by atoms with Crippen LogP contribution in [0.15, 0.2) is 35.8 Å². The van der Waals surface area contributed by atoms with Crippen molar-refractivity contribution in [3.8, 4) is 0 Å². The topological polar surface area (TPSA) is 91.8 Å². The standard InChI is InChI=1S/C26H39N3O4S/c1-2-3-4-5-6-7-8-9-10-11-16-28-26(32)23-14-12-22(13-15-23)19-29(33-21-25(30)31)20-24-27-17-18-34-24/h12-15,17-18H,2-11,16,19-21H2,1H3,(H,28,32)(H,30,31). The van der Waals surface area contributed by atoms with Crippen LogP contribution in [0.2, 0.25) is 0 Å². The molecule has 1 heterocycles. The monoisotopic (exact) mass is 489 g/mol. The van der Waals surface area contributed by atoms with Crippen molar-refractivity contribution < 1.29 is 19.5 Å². The first-order valence-corrected chi connectivity index (χ1v) is 13.3. The number of benzene rings is 1. The number of amides is 1. The molecule has 0 bridgehead atoms. The van der Waals surface area contributed by atoms with Gasteiger partial charge in [-0.15, -0.1) is 11.3 Å². The lowest BCUT2D eigenvalue weighted by atomic mass is 10.1. The summed E-state index contributed by atoms with van der Waals surface area (Å²) in [6.45, 7) is 3.32. The van der Waals surface area contributed by atoms with Gasteiger partial charge in [0, 0.05) is 30.2 Å². The van der Waals surface area contributed by atoms with E-state index in [1.165, 1.54) is 62.7 Å². The number of hydrogen-bond acceptors (Lipinski definition) is 6. The second kappa shape index (κ2) is 17.2. The Kier molecular flexibility index (Phi) is 14.1. The molecule has 1 aromatic heterocycles. The molecule has 1 aromatic carbocycles. The molecule has 0 aliphatic heterocycles. The number of aliphatic carboxylic acids is 1. The summed E-state index contributed by atoms with van der Waals surface area (Å²) in [4.78, 5) is 32.9. The quantitative estimate of drug-likeness (QED) is 0.191. The number of nitrogens with zero attached hydrogens (tertiary/aromatic N) is 2. The molecule has 2 aromatic rings. The molecule has 2 rings (SSSR count). The number of hydrogen-bond donors (Lipinski definition) is 2. The lowest BCUT2D eigenvalue weighted by molar-refractivity contribution is -0.190. The highest BCUT2D eigenvalue weighted by atomic mass is 32.1. The number of aromatic nitrogens is 1. The van der Waals surface area contributed by atoms with Crippen LogP contribution in [0.1, 0.15) is 92.1 Å². The van der Waals surface area contributed by atoms with Gasteiger partial charge in [0.2, 0.25) is 0 Å². The number of carboxylic acids is 1. The van der Waals surface area contributed by atoms with Gasteiger partial charge in [-0.05, 0) is 24.1 Å². The van der Waals surface area contributed by atoms with Crippen molar-refractivity contribution in [3.05, 3.63) is 52.0 Å². The Balaban J connectivity index is 1.66. The van der Waals surface area contributed by atoms with Gasteiger partial charge in [-0.3, -0.25) is 9.63 Å². The van der Waals surface area contributed by atoms with Gasteiger partial charge in [0.25, 0.3) is 5.91 Å². The summed E-state index contributed by atoms with van der Waals surface area (Å²) in [5, 5.41) is 16.2. The molecule has 0 spiro atoms. The fraction of sp³-hybridized carbons (Fsp3) is 0.577. The van der Waals surface area contributed by atoms with E-state index in [4.69, 9.17) is 9.94 Å². The van der Waals surface area contributed by atoms with E-state index >= 15 is 0 Å². The number of carboxylic acid groups (broad SMARTS) is 1. The molecule has 34 heavy (non-hydrogen) atoms. The maximum atomic E-state index is 12.4. The van der Waals surface area contributed by atoms with Crippen molar-refractivity contribution in [2.24, 2.45) is 0 Å². The molecule has 1 amide bonds. The summed E-state index contributed by atoms with van der Waals surface area (Å²) in [6.07, 6.45) is 14.4. The SMILES string of the molecule is CCCCCCCCCCCCNC(=O)c1ccc(CN(Cc2nccs2)OCC(=O)O)cc1. The van der Waals surface area contributed by atoms with Crippen molar-refractivity contribution in [3.63, 3.8) is 0 Å². The van der Waals surface area contributed by atoms with Crippen LogP contribution in [0.5, 0.6) is 0 Å². The fourth-order valence-electron chi connectivity index (χ4n) is 3.66. The number of thiazole rings is 1. The van der Waals surface area contributed by atoms with E-state index in [0.717, 1.165) is 23.4 Å². The molecule has 2 N–H and O–H groups in total. The Morgan fingerprint density at radius 2 is 1.62 bits per heavy atom. The van der Waals surface area contributed by atoms with E-state index in [1.807, 2.05) is 17.5 Å². The summed E-state index contributed by atoms with van der Waals surface area (Å²) in [5.74, 6) is -1.09. The summed E-state index contributed by atoms with van der Waals surface area (Å²) in [7, 11) is 0. The highest BCUT2D eigenvalue weighted by molar-refractivity contribution is 7.09. The molecule has 7 nitrogen and oxygen atoms in total. The third kappa shape index (κ3) is 12.3. The molecule has 0 aliphatic carbocycles. The maximum absolute atomic E-state index is 12.4. The van der Waals surface area contributed by atoms with Gasteiger partial charge in [-0.25, -0.2) is 9.78 Å². The van der Waals surface area contributed by atoms with Crippen LogP contribution in [0.3, 0.4) is 0 Å². The molecule has 0 atom stereocenters. The van der Waals surface area contributed by atoms with Gasteiger partial charge in [-0.1, -0.05) is 76.8 Å². The van der Waals surface area contributed by atoms with E-state index < -0.39 is 12.6 Å². The van der Waals surface area contributed by atoms with Crippen LogP contribution in [0.25, 0.3) is 0 Å². The zero-order valence-electron chi connectivity index (χ0n) is 20.3. The van der Waals surface area contributed by atoms with Crippen LogP contribution in [-0.2, 0) is 22.7 Å². The van der Waals surface area contributed by atoms with Gasteiger partial charge in [0.1, 0.15) is 5.01 Å². The average molecular weight is 490 g/mol. The van der Waals surface area contributed by atoms with E-state index in [1.54, 1.807) is 23.4 Å². The van der Waals surface area contributed by atoms with Crippen molar-refractivity contribution >= 4 is 23.2 Å². The molecule has 0 fully saturated rings. The second-order valence-corrected chi connectivity index (χ2v) is 9.50. The maximum Gasteiger partial charge on any atom is 0.331 e. The first-order chi connectivity index (χ1) is 16.6. The predicted molar refractivity (Wildman–Crippen MR) is 136 cm³/mol. The van der Waals surface area contributed by atoms with Crippen molar-refractivity contribution in [1.82, 2.24) is 15.4 Å². The molecule has 0 saturated carbocycles. The zero-order chi connectivity index (χ0) is 24.4. The molecular weight excluding hydrogens is 450 g/mol. The van der Waals surface area contributed by atoms with Gasteiger partial charge >= 0.3 is 5.97 Å². The molecule has 188 valence electrons. The Morgan fingerprint density at radius 1 is 0.971 bits per heavy atom. The lowest BCUT2D eigenvalue weighted by Crippen LogP contribution is -2.26. The van der Waals surface area contributed by atoms with Crippen LogP contribution in [0.4, 0.5) is 0 Å². The normalized spacial score (nSPS) is 11.1. The van der Waals surface area contributed by atoms with Crippen molar-refractivity contribution in [2.75, 3.05) is 13.2 Å². The highest BCUT2D eigenvalue weighted by Gasteiger charge is 2.12. The second-order valence-electron chi connectivity index (χ2n) is 8.53. The molecule has 0 aliphatic rings. The number of nitrogens with one attached hydrogen (secondary N) is 1. The highest BCUT2D eigenvalue weighted by Crippen LogP contribution is 2.14. The zero-order valence-corrected chi connectivity index (χ0v) is 21.2. The predicted octanol–water partition coefficient (Wildman–Crippen LogP) is 5.81. The van der Waals surface area contributed by atoms with Crippen molar-refractivity contribution in [2.45, 2.75) is 84.2 Å². The Bertz CT molecular complexity index is 812. The molecule has 8 heteroatoms. The summed E-state index contributed by atoms with van der Waals surface area (Å²) >= 11 is 1.49. The van der Waals surface area contributed by atoms with Gasteiger partial charge in [0.05, 0.1) is 6.54 Å². The van der Waals surface area contributed by atoms with E-state index in [2.05, 4.69) is 17.2 Å². The number of hydroxylamine groups is 2. The van der Waals surface area contributed by atoms with Crippen LogP contribution in [0, 0.1) is 0 Å². The van der Waals surface area contributed by atoms with Crippen molar-refractivity contribution in [1.29, 1.82) is 0 Å². The lowest BCUT2D eigenvalue weighted by Gasteiger charge is -2.20. The molecule has 0 saturated heterocycles. The Morgan fingerprint density at radius 3 is 2.21 bits per heavy atom. The minimum absolute atomic E-state index is 0.0655. The Hall–Kier alpha value is -2.29. The van der Waals surface area contributed by atoms with E-state index in [0.29, 0.717) is 25.2 Å². The molecule has 0 radical (unpaired) electrons. The summed E-state index contributed by atoms with van der Waals surface area (Å²) in [5.41, 5.74) is 1.54. The average Bonchev–Trinajstić information content (AvgIpc) is 3.34. The largest absolute Gasteiger partial charge is 0.479 e. The molecule has 0 unspecified atom stereocenters. The van der Waals surface area contributed by atoms with Gasteiger partial charge < -0.3 is 10.4 Å². The smallest absolute Gasteiger partial charge is 0.331 e. The minimum Gasteiger partial charge on any atom is -0.479 e. The summed E-state index contributed by atoms with van der Waals surface area (Å²) < 4.78 is 0. The number of unbranched alkanes of at least 4 members (excludes halogenated alkanes) is 9. The fourth-order valence-corrected chi connectivity index (χ4v) is 4.28. The van der Waals surface area contributed by atoms with E-state index in [-0.39, 0.29) is 5.91 Å². The van der Waals surface area contributed by atoms with Crippen LogP contribution < -0.4 is 5.32 Å². The van der Waals surface area contributed by atoms with Gasteiger partial charge in [-0.2, -0.15) is 5.06 Å². The molecular formula is C26H39N3O4S. The number of carbonyl (C=O) groups is 2. The van der Waals surface area contributed by atoms with Crippen LogP contribution >= 0.6 is 11.3 Å². The van der Waals surface area contributed by atoms with E-state index in [9.17, 15) is 9.59 Å².